The molecule has 1 saturated heterocycles. The van der Waals surface area contributed by atoms with Crippen molar-refractivity contribution in [1.82, 2.24) is 14.8 Å². The Hall–Kier alpha value is -1.56. The predicted molar refractivity (Wildman–Crippen MR) is 82.7 cm³/mol. The summed E-state index contributed by atoms with van der Waals surface area (Å²) in [5, 5.41) is 10.6. The van der Waals surface area contributed by atoms with Crippen molar-refractivity contribution < 1.29 is 9.90 Å². The Bertz CT molecular complexity index is 647. The summed E-state index contributed by atoms with van der Waals surface area (Å²) in [4.78, 5) is 19.7. The van der Waals surface area contributed by atoms with Crippen LogP contribution in [0.2, 0.25) is 5.02 Å². The van der Waals surface area contributed by atoms with Crippen molar-refractivity contribution in [3.63, 3.8) is 0 Å². The zero-order chi connectivity index (χ0) is 14.8. The third-order valence-electron chi connectivity index (χ3n) is 3.89. The summed E-state index contributed by atoms with van der Waals surface area (Å²) in [6.45, 7) is 3.82. The van der Waals surface area contributed by atoms with Gasteiger partial charge in [0.2, 0.25) is 0 Å². The molecule has 2 aromatic rings. The number of hydrogen-bond donors (Lipinski definition) is 2. The highest BCUT2D eigenvalue weighted by Crippen LogP contribution is 2.21. The average molecular weight is 308 g/mol. The fourth-order valence-corrected chi connectivity index (χ4v) is 2.87. The minimum Gasteiger partial charge on any atom is -0.395 e. The fourth-order valence-electron chi connectivity index (χ4n) is 2.70. The highest BCUT2D eigenvalue weighted by atomic mass is 35.5. The lowest BCUT2D eigenvalue weighted by molar-refractivity contribution is 0.0610. The van der Waals surface area contributed by atoms with E-state index < -0.39 is 0 Å². The molecule has 6 heteroatoms. The number of nitrogens with zero attached hydrogens (tertiary/aromatic N) is 2. The van der Waals surface area contributed by atoms with E-state index in [4.69, 9.17) is 16.7 Å². The van der Waals surface area contributed by atoms with Gasteiger partial charge in [-0.25, -0.2) is 0 Å². The molecule has 112 valence electrons. The lowest BCUT2D eigenvalue weighted by atomic mass is 10.2. The third-order valence-corrected chi connectivity index (χ3v) is 4.13. The molecule has 1 aromatic heterocycles. The number of rotatable bonds is 3. The molecule has 0 bridgehead atoms. The van der Waals surface area contributed by atoms with Crippen molar-refractivity contribution >= 4 is 28.4 Å². The second kappa shape index (κ2) is 6.05. The predicted octanol–water partition coefficient (Wildman–Crippen LogP) is 1.57. The van der Waals surface area contributed by atoms with Gasteiger partial charge in [-0.3, -0.25) is 9.69 Å². The number of aliphatic hydroxyl groups is 1. The summed E-state index contributed by atoms with van der Waals surface area (Å²) >= 11 is 5.96. The molecule has 0 aliphatic carbocycles. The summed E-state index contributed by atoms with van der Waals surface area (Å²) in [5.41, 5.74) is 1.48. The molecule has 1 aliphatic heterocycles. The van der Waals surface area contributed by atoms with E-state index in [9.17, 15) is 4.79 Å². The maximum Gasteiger partial charge on any atom is 0.270 e. The van der Waals surface area contributed by atoms with E-state index >= 15 is 0 Å². The van der Waals surface area contributed by atoms with E-state index in [2.05, 4.69) is 9.88 Å². The summed E-state index contributed by atoms with van der Waals surface area (Å²) in [5.74, 6) is 0.0194. The standard InChI is InChI=1S/C15H18ClN3O2/c16-12-2-1-11-9-14(17-13(11)10-12)15(21)19-5-3-18(4-6-19)7-8-20/h1-2,9-10,17,20H,3-8H2. The number of β-amino-alcohol motifs (C(OH)–C–C–N with tert-alkyl or cyclic N) is 1. The Morgan fingerprint density at radius 2 is 2.00 bits per heavy atom. The van der Waals surface area contributed by atoms with Gasteiger partial charge in [0.1, 0.15) is 5.69 Å². The quantitative estimate of drug-likeness (QED) is 0.905. The molecule has 3 rings (SSSR count). The monoisotopic (exact) mass is 307 g/mol. The van der Waals surface area contributed by atoms with Crippen molar-refractivity contribution in [1.29, 1.82) is 0 Å². The number of nitrogens with one attached hydrogen (secondary N) is 1. The second-order valence-electron chi connectivity index (χ2n) is 5.27. The molecule has 0 spiro atoms. The van der Waals surface area contributed by atoms with Crippen LogP contribution in [0.1, 0.15) is 10.5 Å². The third kappa shape index (κ3) is 3.05. The Labute approximate surface area is 128 Å². The number of aromatic amines is 1. The molecule has 0 atom stereocenters. The van der Waals surface area contributed by atoms with Gasteiger partial charge in [-0.2, -0.15) is 0 Å². The molecule has 1 fully saturated rings. The number of aliphatic hydroxyl groups excluding tert-OH is 1. The molecule has 0 radical (unpaired) electrons. The van der Waals surface area contributed by atoms with Crippen molar-refractivity contribution in [3.05, 3.63) is 35.0 Å². The number of fused-ring (bicyclic) bond motifs is 1. The first kappa shape index (κ1) is 14.4. The van der Waals surface area contributed by atoms with Crippen molar-refractivity contribution in [2.75, 3.05) is 39.3 Å². The van der Waals surface area contributed by atoms with Gasteiger partial charge in [-0.15, -0.1) is 0 Å². The summed E-state index contributed by atoms with van der Waals surface area (Å²) < 4.78 is 0. The summed E-state index contributed by atoms with van der Waals surface area (Å²) in [6, 6.07) is 7.42. The molecule has 5 nitrogen and oxygen atoms in total. The van der Waals surface area contributed by atoms with E-state index in [0.29, 0.717) is 30.4 Å². The first-order valence-corrected chi connectivity index (χ1v) is 7.46. The minimum absolute atomic E-state index is 0.0194. The molecule has 1 aromatic carbocycles. The molecule has 0 unspecified atom stereocenters. The number of benzene rings is 1. The normalized spacial score (nSPS) is 16.6. The first-order valence-electron chi connectivity index (χ1n) is 7.08. The van der Waals surface area contributed by atoms with E-state index in [-0.39, 0.29) is 12.5 Å². The smallest absolute Gasteiger partial charge is 0.270 e. The van der Waals surface area contributed by atoms with Gasteiger partial charge in [0.15, 0.2) is 0 Å². The maximum absolute atomic E-state index is 12.5. The van der Waals surface area contributed by atoms with Crippen molar-refractivity contribution in [2.45, 2.75) is 0 Å². The fraction of sp³-hybridized carbons (Fsp3) is 0.400. The summed E-state index contributed by atoms with van der Waals surface area (Å²) in [6.07, 6.45) is 0. The zero-order valence-electron chi connectivity index (χ0n) is 11.7. The Kier molecular flexibility index (Phi) is 4.14. The number of piperazine rings is 1. The molecule has 21 heavy (non-hydrogen) atoms. The highest BCUT2D eigenvalue weighted by molar-refractivity contribution is 6.31. The molecule has 2 N–H and O–H groups in total. The van der Waals surface area contributed by atoms with Gasteiger partial charge < -0.3 is 15.0 Å². The van der Waals surface area contributed by atoms with Crippen LogP contribution in [0, 0.1) is 0 Å². The van der Waals surface area contributed by atoms with Crippen LogP contribution in [0.3, 0.4) is 0 Å². The molecule has 0 saturated carbocycles. The lowest BCUT2D eigenvalue weighted by Crippen LogP contribution is -2.49. The molecular formula is C15H18ClN3O2. The van der Waals surface area contributed by atoms with Crippen molar-refractivity contribution in [3.8, 4) is 0 Å². The number of H-pyrrole nitrogens is 1. The van der Waals surface area contributed by atoms with Crippen LogP contribution < -0.4 is 0 Å². The molecular weight excluding hydrogens is 290 g/mol. The molecule has 2 heterocycles. The van der Waals surface area contributed by atoms with Crippen LogP contribution in [0.5, 0.6) is 0 Å². The van der Waals surface area contributed by atoms with Gasteiger partial charge in [0.25, 0.3) is 5.91 Å². The van der Waals surface area contributed by atoms with E-state index in [1.165, 1.54) is 0 Å². The van der Waals surface area contributed by atoms with Gasteiger partial charge >= 0.3 is 0 Å². The summed E-state index contributed by atoms with van der Waals surface area (Å²) in [7, 11) is 0. The van der Waals surface area contributed by atoms with Crippen LogP contribution >= 0.6 is 11.6 Å². The van der Waals surface area contributed by atoms with Gasteiger partial charge in [0, 0.05) is 48.6 Å². The van der Waals surface area contributed by atoms with Crippen LogP contribution in [0.15, 0.2) is 24.3 Å². The SMILES string of the molecule is O=C(c1cc2ccc(Cl)cc2[nH]1)N1CCN(CCO)CC1. The van der Waals surface area contributed by atoms with E-state index in [1.54, 1.807) is 0 Å². The average Bonchev–Trinajstić information content (AvgIpc) is 2.90. The van der Waals surface area contributed by atoms with Gasteiger partial charge in [0.05, 0.1) is 6.61 Å². The number of aromatic nitrogens is 1. The van der Waals surface area contributed by atoms with Crippen molar-refractivity contribution in [2.24, 2.45) is 0 Å². The van der Waals surface area contributed by atoms with Gasteiger partial charge in [-0.1, -0.05) is 17.7 Å². The van der Waals surface area contributed by atoms with E-state index in [1.807, 2.05) is 29.2 Å². The van der Waals surface area contributed by atoms with Crippen LogP contribution in [-0.4, -0.2) is 65.1 Å². The second-order valence-corrected chi connectivity index (χ2v) is 5.71. The number of halogens is 1. The Balaban J connectivity index is 1.72. The first-order chi connectivity index (χ1) is 10.2. The van der Waals surface area contributed by atoms with E-state index in [0.717, 1.165) is 24.0 Å². The Morgan fingerprint density at radius 1 is 1.24 bits per heavy atom. The maximum atomic E-state index is 12.5. The minimum atomic E-state index is 0.0194. The van der Waals surface area contributed by atoms with Crippen LogP contribution in [0.25, 0.3) is 10.9 Å². The zero-order valence-corrected chi connectivity index (χ0v) is 12.4. The number of hydrogen-bond acceptors (Lipinski definition) is 3. The lowest BCUT2D eigenvalue weighted by Gasteiger charge is -2.34. The number of amides is 1. The molecule has 1 aliphatic rings. The van der Waals surface area contributed by atoms with Crippen LogP contribution in [-0.2, 0) is 0 Å². The number of carbonyl (C=O) groups is 1. The molecule has 1 amide bonds. The highest BCUT2D eigenvalue weighted by Gasteiger charge is 2.22. The topological polar surface area (TPSA) is 59.6 Å². The van der Waals surface area contributed by atoms with Gasteiger partial charge in [-0.05, 0) is 18.2 Å². The largest absolute Gasteiger partial charge is 0.395 e. The number of carbonyl (C=O) groups excluding carboxylic acids is 1. The Morgan fingerprint density at radius 3 is 2.71 bits per heavy atom. The van der Waals surface area contributed by atoms with Crippen LogP contribution in [0.4, 0.5) is 0 Å².